The topological polar surface area (TPSA) is 65.7 Å². The minimum Gasteiger partial charge on any atom is -0.496 e. The quantitative estimate of drug-likeness (QED) is 0.614. The van der Waals surface area contributed by atoms with E-state index in [0.29, 0.717) is 17.9 Å². The number of allylic oxidation sites excluding steroid dienone is 2. The first-order valence-corrected chi connectivity index (χ1v) is 8.23. The highest BCUT2D eigenvalue weighted by atomic mass is 16.5. The Morgan fingerprint density at radius 3 is 2.72 bits per heavy atom. The molecule has 1 aromatic heterocycles. The van der Waals surface area contributed by atoms with Crippen molar-refractivity contribution >= 4 is 17.3 Å². The Morgan fingerprint density at radius 1 is 1.24 bits per heavy atom. The number of ether oxygens (including phenoxy) is 2. The maximum absolute atomic E-state index is 12.7. The Bertz CT molecular complexity index is 788. The number of furan rings is 1. The normalized spacial score (nSPS) is 20.1. The molecule has 0 N–H and O–H groups in total. The summed E-state index contributed by atoms with van der Waals surface area (Å²) in [6.45, 7) is 1.96. The van der Waals surface area contributed by atoms with Crippen molar-refractivity contribution in [1.82, 2.24) is 0 Å². The average molecular weight is 340 g/mol. The van der Waals surface area contributed by atoms with Crippen molar-refractivity contribution in [2.24, 2.45) is 5.92 Å². The fourth-order valence-electron chi connectivity index (χ4n) is 3.28. The number of carbonyl (C=O) groups is 2. The molecule has 1 aliphatic rings. The molecule has 0 fully saturated rings. The minimum atomic E-state index is -0.880. The van der Waals surface area contributed by atoms with E-state index < -0.39 is 11.9 Å². The minimum absolute atomic E-state index is 0.232. The lowest BCUT2D eigenvalue weighted by molar-refractivity contribution is -0.151. The van der Waals surface area contributed by atoms with E-state index >= 15 is 0 Å². The summed E-state index contributed by atoms with van der Waals surface area (Å²) in [5.74, 6) is -0.737. The molecule has 1 aromatic carbocycles. The second-order valence-corrected chi connectivity index (χ2v) is 5.83. The Morgan fingerprint density at radius 2 is 2.04 bits per heavy atom. The third kappa shape index (κ3) is 3.36. The fraction of sp³-hybridized carbons (Fsp3) is 0.300. The van der Waals surface area contributed by atoms with Gasteiger partial charge in [0.25, 0.3) is 0 Å². The lowest BCUT2D eigenvalue weighted by Gasteiger charge is -2.29. The Hall–Kier alpha value is -2.82. The van der Waals surface area contributed by atoms with Gasteiger partial charge in [-0.1, -0.05) is 18.2 Å². The van der Waals surface area contributed by atoms with Gasteiger partial charge in [0.2, 0.25) is 0 Å². The molecule has 0 saturated carbocycles. The van der Waals surface area contributed by atoms with Crippen LogP contribution >= 0.6 is 0 Å². The molecule has 0 amide bonds. The van der Waals surface area contributed by atoms with Crippen molar-refractivity contribution in [3.63, 3.8) is 0 Å². The summed E-state index contributed by atoms with van der Waals surface area (Å²) < 4.78 is 16.0. The molecule has 130 valence electrons. The second-order valence-electron chi connectivity index (χ2n) is 5.83. The van der Waals surface area contributed by atoms with Gasteiger partial charge in [-0.05, 0) is 48.8 Å². The van der Waals surface area contributed by atoms with E-state index in [1.54, 1.807) is 26.4 Å². The van der Waals surface area contributed by atoms with E-state index in [0.717, 1.165) is 11.1 Å². The number of hydrogen-bond donors (Lipinski definition) is 0. The van der Waals surface area contributed by atoms with Gasteiger partial charge in [-0.25, -0.2) is 0 Å². The molecule has 3 rings (SSSR count). The molecule has 2 aromatic rings. The van der Waals surface area contributed by atoms with Gasteiger partial charge in [0.1, 0.15) is 17.4 Å². The zero-order valence-electron chi connectivity index (χ0n) is 14.2. The summed E-state index contributed by atoms with van der Waals surface area (Å²) in [5, 5.41) is 0. The number of esters is 1. The lowest BCUT2D eigenvalue weighted by Crippen LogP contribution is -2.34. The van der Waals surface area contributed by atoms with E-state index in [2.05, 4.69) is 0 Å². The molecular formula is C20H20O5. The smallest absolute Gasteiger partial charge is 0.317 e. The first-order valence-electron chi connectivity index (χ1n) is 8.23. The average Bonchev–Trinajstić information content (AvgIpc) is 3.15. The summed E-state index contributed by atoms with van der Waals surface area (Å²) in [5.41, 5.74) is 1.58. The largest absolute Gasteiger partial charge is 0.496 e. The highest BCUT2D eigenvalue weighted by Gasteiger charge is 2.41. The molecule has 5 heteroatoms. The van der Waals surface area contributed by atoms with Gasteiger partial charge in [-0.15, -0.1) is 0 Å². The maximum Gasteiger partial charge on any atom is 0.317 e. The van der Waals surface area contributed by atoms with Crippen LogP contribution in [0.2, 0.25) is 0 Å². The van der Waals surface area contributed by atoms with E-state index in [-0.39, 0.29) is 18.3 Å². The summed E-state index contributed by atoms with van der Waals surface area (Å²) in [4.78, 5) is 25.2. The van der Waals surface area contributed by atoms with E-state index in [4.69, 9.17) is 13.9 Å². The van der Waals surface area contributed by atoms with Crippen LogP contribution in [0.1, 0.15) is 30.6 Å². The maximum atomic E-state index is 12.7. The molecule has 2 unspecified atom stereocenters. The first kappa shape index (κ1) is 17.0. The fourth-order valence-corrected chi connectivity index (χ4v) is 3.28. The zero-order valence-corrected chi connectivity index (χ0v) is 14.2. The van der Waals surface area contributed by atoms with Crippen LogP contribution in [0.25, 0.3) is 5.57 Å². The molecule has 0 radical (unpaired) electrons. The van der Waals surface area contributed by atoms with Crippen LogP contribution in [0, 0.1) is 5.92 Å². The highest BCUT2D eigenvalue weighted by molar-refractivity contribution is 6.10. The monoisotopic (exact) mass is 340 g/mol. The summed E-state index contributed by atoms with van der Waals surface area (Å²) >= 11 is 0. The van der Waals surface area contributed by atoms with Crippen molar-refractivity contribution in [2.75, 3.05) is 13.7 Å². The molecule has 0 saturated heterocycles. The summed E-state index contributed by atoms with van der Waals surface area (Å²) in [6.07, 6.45) is 3.55. The van der Waals surface area contributed by atoms with E-state index in [1.807, 2.05) is 30.3 Å². The molecule has 0 bridgehead atoms. The second kappa shape index (κ2) is 7.38. The SMILES string of the molecule is CCOC(=O)C1C(=O)C=C(c2ccco2)CC1c1ccccc1OC. The number of methoxy groups -OCH3 is 1. The number of rotatable bonds is 5. The molecule has 0 spiro atoms. The highest BCUT2D eigenvalue weighted by Crippen LogP contribution is 2.43. The summed E-state index contributed by atoms with van der Waals surface area (Å²) in [6, 6.07) is 11.0. The number of hydrogen-bond acceptors (Lipinski definition) is 5. The van der Waals surface area contributed by atoms with Crippen LogP contribution in [0.3, 0.4) is 0 Å². The standard InChI is InChI=1S/C20H20O5/c1-3-24-20(22)19-15(14-7-4-5-8-18(14)23-2)11-13(12-16(19)21)17-9-6-10-25-17/h4-10,12,15,19H,3,11H2,1-2H3. The van der Waals surface area contributed by atoms with Crippen molar-refractivity contribution in [2.45, 2.75) is 19.3 Å². The predicted molar refractivity (Wildman–Crippen MR) is 92.2 cm³/mol. The van der Waals surface area contributed by atoms with Crippen LogP contribution in [-0.2, 0) is 14.3 Å². The van der Waals surface area contributed by atoms with Crippen LogP contribution in [0.5, 0.6) is 5.75 Å². The Kier molecular flexibility index (Phi) is 5.03. The van der Waals surface area contributed by atoms with Gasteiger partial charge < -0.3 is 13.9 Å². The molecule has 5 nitrogen and oxygen atoms in total. The summed E-state index contributed by atoms with van der Waals surface area (Å²) in [7, 11) is 1.58. The Balaban J connectivity index is 2.05. The van der Waals surface area contributed by atoms with Gasteiger partial charge >= 0.3 is 5.97 Å². The van der Waals surface area contributed by atoms with Crippen molar-refractivity contribution in [3.8, 4) is 5.75 Å². The zero-order chi connectivity index (χ0) is 17.8. The van der Waals surface area contributed by atoms with Gasteiger partial charge in [0.05, 0.1) is 20.0 Å². The van der Waals surface area contributed by atoms with Crippen molar-refractivity contribution < 1.29 is 23.5 Å². The number of carbonyl (C=O) groups excluding carboxylic acids is 2. The van der Waals surface area contributed by atoms with Crippen LogP contribution in [-0.4, -0.2) is 25.5 Å². The number of benzene rings is 1. The van der Waals surface area contributed by atoms with Gasteiger partial charge in [-0.2, -0.15) is 0 Å². The number of ketones is 1. The van der Waals surface area contributed by atoms with Gasteiger partial charge in [0, 0.05) is 5.92 Å². The molecular weight excluding hydrogens is 320 g/mol. The molecule has 1 heterocycles. The van der Waals surface area contributed by atoms with Crippen molar-refractivity contribution in [3.05, 3.63) is 60.1 Å². The third-order valence-electron chi connectivity index (χ3n) is 4.38. The molecule has 2 atom stereocenters. The third-order valence-corrected chi connectivity index (χ3v) is 4.38. The van der Waals surface area contributed by atoms with Gasteiger partial charge in [-0.3, -0.25) is 9.59 Å². The van der Waals surface area contributed by atoms with Crippen LogP contribution in [0.15, 0.2) is 53.2 Å². The van der Waals surface area contributed by atoms with Crippen LogP contribution < -0.4 is 4.74 Å². The van der Waals surface area contributed by atoms with Crippen molar-refractivity contribution in [1.29, 1.82) is 0 Å². The Labute approximate surface area is 146 Å². The molecule has 1 aliphatic carbocycles. The molecule has 0 aliphatic heterocycles. The molecule has 25 heavy (non-hydrogen) atoms. The van der Waals surface area contributed by atoms with Gasteiger partial charge in [0.15, 0.2) is 5.78 Å². The first-order chi connectivity index (χ1) is 12.2. The lowest BCUT2D eigenvalue weighted by atomic mass is 9.74. The number of para-hydroxylation sites is 1. The predicted octanol–water partition coefficient (Wildman–Crippen LogP) is 3.61. The van der Waals surface area contributed by atoms with E-state index in [1.165, 1.54) is 6.08 Å². The van der Waals surface area contributed by atoms with E-state index in [9.17, 15) is 9.59 Å². The van der Waals surface area contributed by atoms with Crippen LogP contribution in [0.4, 0.5) is 0 Å².